The van der Waals surface area contributed by atoms with Crippen LogP contribution in [0, 0.1) is 6.92 Å². The van der Waals surface area contributed by atoms with Gasteiger partial charge in [-0.05, 0) is 24.6 Å². The second-order valence-corrected chi connectivity index (χ2v) is 8.00. The van der Waals surface area contributed by atoms with E-state index in [0.29, 0.717) is 42.8 Å². The molecular formula is C18H18Cl3F3N4O. The highest BCUT2D eigenvalue weighted by Crippen LogP contribution is 2.35. The Bertz CT molecular complexity index is 908. The van der Waals surface area contributed by atoms with E-state index in [-0.39, 0.29) is 18.1 Å². The number of piperazine rings is 1. The standard InChI is InChI=1S/C18H18Cl3F3N4O/c1-11-16(21)17(18(22,23)24)25-28(11)10-15(29)27-6-4-26(5-7-27)9-12-2-3-13(19)14(20)8-12/h2-3,8H,4-7,9-10H2,1H3. The molecule has 0 unspecified atom stereocenters. The van der Waals surface area contributed by atoms with E-state index in [4.69, 9.17) is 34.8 Å². The van der Waals surface area contributed by atoms with Crippen molar-refractivity contribution in [3.63, 3.8) is 0 Å². The molecule has 0 saturated carbocycles. The number of nitrogens with zero attached hydrogens (tertiary/aromatic N) is 4. The maximum Gasteiger partial charge on any atom is 0.436 e. The molecule has 1 saturated heterocycles. The molecule has 1 amide bonds. The van der Waals surface area contributed by atoms with Crippen LogP contribution >= 0.6 is 34.8 Å². The average molecular weight is 470 g/mol. The predicted octanol–water partition coefficient (Wildman–Crippen LogP) is 4.51. The van der Waals surface area contributed by atoms with Gasteiger partial charge in [0.25, 0.3) is 0 Å². The van der Waals surface area contributed by atoms with Crippen LogP contribution in [0.15, 0.2) is 18.2 Å². The second kappa shape index (κ2) is 8.71. The molecule has 5 nitrogen and oxygen atoms in total. The lowest BCUT2D eigenvalue weighted by Crippen LogP contribution is -2.49. The van der Waals surface area contributed by atoms with Crippen molar-refractivity contribution in [2.75, 3.05) is 26.2 Å². The zero-order valence-corrected chi connectivity index (χ0v) is 17.7. The van der Waals surface area contributed by atoms with E-state index in [2.05, 4.69) is 10.00 Å². The fourth-order valence-electron chi connectivity index (χ4n) is 3.14. The minimum atomic E-state index is -4.66. The molecule has 2 heterocycles. The zero-order valence-electron chi connectivity index (χ0n) is 15.4. The van der Waals surface area contributed by atoms with Gasteiger partial charge in [-0.25, -0.2) is 0 Å². The summed E-state index contributed by atoms with van der Waals surface area (Å²) in [6, 6.07) is 5.45. The molecular weight excluding hydrogens is 452 g/mol. The summed E-state index contributed by atoms with van der Waals surface area (Å²) in [7, 11) is 0. The first-order chi connectivity index (χ1) is 13.6. The Hall–Kier alpha value is -1.48. The smallest absolute Gasteiger partial charge is 0.339 e. The molecule has 158 valence electrons. The van der Waals surface area contributed by atoms with Crippen molar-refractivity contribution in [3.8, 4) is 0 Å². The van der Waals surface area contributed by atoms with Crippen LogP contribution in [-0.2, 0) is 24.1 Å². The number of carbonyl (C=O) groups is 1. The van der Waals surface area contributed by atoms with Crippen molar-refractivity contribution in [3.05, 3.63) is 50.2 Å². The maximum atomic E-state index is 12.9. The van der Waals surface area contributed by atoms with Crippen molar-refractivity contribution < 1.29 is 18.0 Å². The molecule has 1 aromatic carbocycles. The molecule has 1 fully saturated rings. The van der Waals surface area contributed by atoms with Gasteiger partial charge in [0.2, 0.25) is 5.91 Å². The van der Waals surface area contributed by atoms with Crippen LogP contribution in [0.1, 0.15) is 17.0 Å². The molecule has 3 rings (SSSR count). The highest BCUT2D eigenvalue weighted by molar-refractivity contribution is 6.42. The summed E-state index contributed by atoms with van der Waals surface area (Å²) in [5.74, 6) is -0.296. The van der Waals surface area contributed by atoms with E-state index in [1.54, 1.807) is 11.0 Å². The third-order valence-corrected chi connectivity index (χ3v) is 5.99. The number of amides is 1. The highest BCUT2D eigenvalue weighted by Gasteiger charge is 2.38. The van der Waals surface area contributed by atoms with Crippen molar-refractivity contribution in [1.29, 1.82) is 0 Å². The number of hydrogen-bond acceptors (Lipinski definition) is 3. The van der Waals surface area contributed by atoms with Gasteiger partial charge in [-0.15, -0.1) is 0 Å². The van der Waals surface area contributed by atoms with Crippen LogP contribution in [-0.4, -0.2) is 51.7 Å². The molecule has 0 atom stereocenters. The Kier molecular flexibility index (Phi) is 6.67. The van der Waals surface area contributed by atoms with Gasteiger partial charge in [-0.3, -0.25) is 14.4 Å². The number of benzene rings is 1. The number of rotatable bonds is 4. The van der Waals surface area contributed by atoms with E-state index in [1.807, 2.05) is 12.1 Å². The summed E-state index contributed by atoms with van der Waals surface area (Å²) in [5, 5.41) is 3.99. The lowest BCUT2D eigenvalue weighted by atomic mass is 10.2. The van der Waals surface area contributed by atoms with Gasteiger partial charge in [-0.2, -0.15) is 18.3 Å². The Morgan fingerprint density at radius 2 is 1.76 bits per heavy atom. The van der Waals surface area contributed by atoms with Crippen LogP contribution in [0.2, 0.25) is 15.1 Å². The van der Waals surface area contributed by atoms with Crippen LogP contribution in [0.25, 0.3) is 0 Å². The Morgan fingerprint density at radius 1 is 1.10 bits per heavy atom. The quantitative estimate of drug-likeness (QED) is 0.661. The van der Waals surface area contributed by atoms with E-state index in [1.165, 1.54) is 6.92 Å². The number of hydrogen-bond donors (Lipinski definition) is 0. The third-order valence-electron chi connectivity index (χ3n) is 4.80. The van der Waals surface area contributed by atoms with Gasteiger partial charge >= 0.3 is 6.18 Å². The molecule has 2 aromatic rings. The van der Waals surface area contributed by atoms with Crippen molar-refractivity contribution >= 4 is 40.7 Å². The number of halogens is 6. The lowest BCUT2D eigenvalue weighted by Gasteiger charge is -2.34. The first-order valence-electron chi connectivity index (χ1n) is 8.80. The number of carbonyl (C=O) groups excluding carboxylic acids is 1. The zero-order chi connectivity index (χ0) is 21.3. The summed E-state index contributed by atoms with van der Waals surface area (Å²) in [5.41, 5.74) is -0.0397. The number of aromatic nitrogens is 2. The third kappa shape index (κ3) is 5.17. The Labute approximate surface area is 180 Å². The van der Waals surface area contributed by atoms with E-state index >= 15 is 0 Å². The largest absolute Gasteiger partial charge is 0.436 e. The van der Waals surface area contributed by atoms with Gasteiger partial charge in [0, 0.05) is 32.7 Å². The van der Waals surface area contributed by atoms with E-state index < -0.39 is 16.9 Å². The monoisotopic (exact) mass is 468 g/mol. The summed E-state index contributed by atoms with van der Waals surface area (Å²) in [4.78, 5) is 16.3. The molecule has 0 bridgehead atoms. The van der Waals surface area contributed by atoms with Gasteiger partial charge in [0.1, 0.15) is 6.54 Å². The first kappa shape index (κ1) is 22.2. The first-order valence-corrected chi connectivity index (χ1v) is 9.94. The molecule has 1 aliphatic rings. The van der Waals surface area contributed by atoms with Crippen molar-refractivity contribution in [2.45, 2.75) is 26.2 Å². The number of alkyl halides is 3. The highest BCUT2D eigenvalue weighted by atomic mass is 35.5. The topological polar surface area (TPSA) is 41.4 Å². The van der Waals surface area contributed by atoms with Crippen LogP contribution in [0.5, 0.6) is 0 Å². The average Bonchev–Trinajstić information content (AvgIpc) is 2.94. The SMILES string of the molecule is Cc1c(Cl)c(C(F)(F)F)nn1CC(=O)N1CCN(Cc2ccc(Cl)c(Cl)c2)CC1. The molecule has 0 aliphatic carbocycles. The van der Waals surface area contributed by atoms with Gasteiger partial charge < -0.3 is 4.90 Å². The van der Waals surface area contributed by atoms with E-state index in [9.17, 15) is 18.0 Å². The molecule has 1 aromatic heterocycles. The summed E-state index contributed by atoms with van der Waals surface area (Å²) in [6.07, 6.45) is -4.66. The summed E-state index contributed by atoms with van der Waals surface area (Å²) < 4.78 is 39.8. The molecule has 0 spiro atoms. The molecule has 11 heteroatoms. The molecule has 0 radical (unpaired) electrons. The van der Waals surface area contributed by atoms with Gasteiger partial charge in [0.05, 0.1) is 20.8 Å². The van der Waals surface area contributed by atoms with Gasteiger partial charge in [-0.1, -0.05) is 40.9 Å². The molecule has 0 N–H and O–H groups in total. The lowest BCUT2D eigenvalue weighted by molar-refractivity contribution is -0.142. The van der Waals surface area contributed by atoms with Gasteiger partial charge in [0.15, 0.2) is 5.69 Å². The fourth-order valence-corrected chi connectivity index (χ4v) is 3.70. The Balaban J connectivity index is 1.57. The normalized spacial score (nSPS) is 15.8. The van der Waals surface area contributed by atoms with Crippen molar-refractivity contribution in [2.24, 2.45) is 0 Å². The predicted molar refractivity (Wildman–Crippen MR) is 105 cm³/mol. The summed E-state index contributed by atoms with van der Waals surface area (Å²) >= 11 is 17.7. The maximum absolute atomic E-state index is 12.9. The molecule has 1 aliphatic heterocycles. The van der Waals surface area contributed by atoms with E-state index in [0.717, 1.165) is 10.2 Å². The molecule has 29 heavy (non-hydrogen) atoms. The van der Waals surface area contributed by atoms with Crippen LogP contribution in [0.3, 0.4) is 0 Å². The summed E-state index contributed by atoms with van der Waals surface area (Å²) in [6.45, 7) is 4.02. The van der Waals surface area contributed by atoms with Crippen molar-refractivity contribution in [1.82, 2.24) is 19.6 Å². The van der Waals surface area contributed by atoms with Crippen LogP contribution in [0.4, 0.5) is 13.2 Å². The van der Waals surface area contributed by atoms with Crippen LogP contribution < -0.4 is 0 Å². The fraction of sp³-hybridized carbons (Fsp3) is 0.444. The minimum Gasteiger partial charge on any atom is -0.339 e. The second-order valence-electron chi connectivity index (χ2n) is 6.81. The Morgan fingerprint density at radius 3 is 2.31 bits per heavy atom. The minimum absolute atomic E-state index is 0.116.